The van der Waals surface area contributed by atoms with Crippen LogP contribution >= 0.6 is 0 Å². The molecule has 2 saturated heterocycles. The molecule has 0 aliphatic carbocycles. The second-order valence-corrected chi connectivity index (χ2v) is 6.77. The van der Waals surface area contributed by atoms with Gasteiger partial charge in [0.05, 0.1) is 12.8 Å². The van der Waals surface area contributed by atoms with Crippen LogP contribution in [0.2, 0.25) is 0 Å². The average molecular weight is 360 g/mol. The van der Waals surface area contributed by atoms with Crippen molar-refractivity contribution in [1.82, 2.24) is 14.7 Å². The van der Waals surface area contributed by atoms with Gasteiger partial charge in [-0.1, -0.05) is 12.1 Å². The molecule has 0 radical (unpaired) electrons. The van der Waals surface area contributed by atoms with Gasteiger partial charge in [-0.3, -0.25) is 14.5 Å². The van der Waals surface area contributed by atoms with Crippen LogP contribution in [0.3, 0.4) is 0 Å². The molecule has 7 heteroatoms. The van der Waals surface area contributed by atoms with Crippen molar-refractivity contribution in [3.63, 3.8) is 0 Å². The first kappa shape index (κ1) is 18.5. The SMILES string of the molecule is COc1ccccc1N1CCN(C(=O)CCN2CCN(C=O)CC2)CC1. The van der Waals surface area contributed by atoms with Gasteiger partial charge < -0.3 is 19.4 Å². The Kier molecular flexibility index (Phi) is 6.33. The van der Waals surface area contributed by atoms with Gasteiger partial charge in [0.15, 0.2) is 0 Å². The largest absolute Gasteiger partial charge is 0.495 e. The summed E-state index contributed by atoms with van der Waals surface area (Å²) in [4.78, 5) is 31.6. The molecule has 26 heavy (non-hydrogen) atoms. The first-order chi connectivity index (χ1) is 12.7. The van der Waals surface area contributed by atoms with Crippen molar-refractivity contribution in [2.75, 3.05) is 70.9 Å². The molecule has 0 N–H and O–H groups in total. The van der Waals surface area contributed by atoms with Crippen LogP contribution in [0, 0.1) is 0 Å². The Balaban J connectivity index is 1.43. The maximum atomic E-state index is 12.5. The topological polar surface area (TPSA) is 56.3 Å². The molecule has 0 aromatic heterocycles. The lowest BCUT2D eigenvalue weighted by atomic mass is 10.2. The molecule has 0 unspecified atom stereocenters. The number of ether oxygens (including phenoxy) is 1. The zero-order valence-corrected chi connectivity index (χ0v) is 15.5. The Labute approximate surface area is 155 Å². The van der Waals surface area contributed by atoms with E-state index in [1.165, 1.54) is 0 Å². The fraction of sp³-hybridized carbons (Fsp3) is 0.579. The highest BCUT2D eigenvalue weighted by Gasteiger charge is 2.23. The monoisotopic (exact) mass is 360 g/mol. The van der Waals surface area contributed by atoms with E-state index in [-0.39, 0.29) is 5.91 Å². The molecule has 1 aromatic carbocycles. The van der Waals surface area contributed by atoms with Crippen LogP contribution < -0.4 is 9.64 Å². The normalized spacial score (nSPS) is 18.7. The predicted octanol–water partition coefficient (Wildman–Crippen LogP) is 0.508. The summed E-state index contributed by atoms with van der Waals surface area (Å²) in [7, 11) is 1.69. The van der Waals surface area contributed by atoms with Crippen molar-refractivity contribution in [3.8, 4) is 5.75 Å². The summed E-state index contributed by atoms with van der Waals surface area (Å²) >= 11 is 0. The number of methoxy groups -OCH3 is 1. The highest BCUT2D eigenvalue weighted by Crippen LogP contribution is 2.28. The number of anilines is 1. The molecule has 7 nitrogen and oxygen atoms in total. The Morgan fingerprint density at radius 1 is 1.04 bits per heavy atom. The average Bonchev–Trinajstić information content (AvgIpc) is 2.72. The van der Waals surface area contributed by atoms with Gasteiger partial charge in [0.2, 0.25) is 12.3 Å². The van der Waals surface area contributed by atoms with Crippen molar-refractivity contribution >= 4 is 18.0 Å². The fourth-order valence-corrected chi connectivity index (χ4v) is 3.59. The van der Waals surface area contributed by atoms with Gasteiger partial charge in [-0.15, -0.1) is 0 Å². The van der Waals surface area contributed by atoms with Crippen molar-refractivity contribution in [3.05, 3.63) is 24.3 Å². The molecule has 142 valence electrons. The number of piperazine rings is 2. The number of hydrogen-bond donors (Lipinski definition) is 0. The zero-order chi connectivity index (χ0) is 18.4. The van der Waals surface area contributed by atoms with E-state index in [0.717, 1.165) is 76.7 Å². The third-order valence-electron chi connectivity index (χ3n) is 5.26. The van der Waals surface area contributed by atoms with E-state index in [1.54, 1.807) is 12.0 Å². The number of rotatable bonds is 6. The van der Waals surface area contributed by atoms with E-state index < -0.39 is 0 Å². The van der Waals surface area contributed by atoms with Gasteiger partial charge in [0.25, 0.3) is 0 Å². The van der Waals surface area contributed by atoms with Crippen molar-refractivity contribution in [2.24, 2.45) is 0 Å². The minimum absolute atomic E-state index is 0.225. The Hall–Kier alpha value is -2.28. The highest BCUT2D eigenvalue weighted by molar-refractivity contribution is 5.76. The predicted molar refractivity (Wildman–Crippen MR) is 100 cm³/mol. The molecule has 0 bridgehead atoms. The first-order valence-electron chi connectivity index (χ1n) is 9.28. The van der Waals surface area contributed by atoms with Crippen LogP contribution in [0.15, 0.2) is 24.3 Å². The summed E-state index contributed by atoms with van der Waals surface area (Å²) in [6.07, 6.45) is 1.46. The molecule has 2 aliphatic heterocycles. The zero-order valence-electron chi connectivity index (χ0n) is 15.5. The summed E-state index contributed by atoms with van der Waals surface area (Å²) in [5.74, 6) is 1.10. The standard InChI is InChI=1S/C19H28N4O3/c1-26-18-5-3-2-4-17(18)22-12-14-23(15-13-22)19(25)6-7-20-8-10-21(16-24)11-9-20/h2-5,16H,6-15H2,1H3. The van der Waals surface area contributed by atoms with Crippen LogP contribution in [0.1, 0.15) is 6.42 Å². The molecule has 0 atom stereocenters. The fourth-order valence-electron chi connectivity index (χ4n) is 3.59. The highest BCUT2D eigenvalue weighted by atomic mass is 16.5. The van der Waals surface area contributed by atoms with Gasteiger partial charge in [0.1, 0.15) is 5.75 Å². The van der Waals surface area contributed by atoms with E-state index in [0.29, 0.717) is 6.42 Å². The van der Waals surface area contributed by atoms with Crippen LogP contribution in [-0.4, -0.2) is 93.0 Å². The summed E-state index contributed by atoms with van der Waals surface area (Å²) in [6, 6.07) is 8.02. The van der Waals surface area contributed by atoms with Crippen LogP contribution in [0.5, 0.6) is 5.75 Å². The molecule has 2 amide bonds. The summed E-state index contributed by atoms with van der Waals surface area (Å²) in [6.45, 7) is 7.14. The molecule has 0 saturated carbocycles. The lowest BCUT2D eigenvalue weighted by Gasteiger charge is -2.37. The third kappa shape index (κ3) is 4.46. The molecule has 1 aromatic rings. The third-order valence-corrected chi connectivity index (χ3v) is 5.26. The minimum atomic E-state index is 0.225. The second-order valence-electron chi connectivity index (χ2n) is 6.77. The van der Waals surface area contributed by atoms with E-state index in [1.807, 2.05) is 23.1 Å². The summed E-state index contributed by atoms with van der Waals surface area (Å²) < 4.78 is 5.44. The molecule has 2 fully saturated rings. The number of carbonyl (C=O) groups excluding carboxylic acids is 2. The maximum Gasteiger partial charge on any atom is 0.223 e. The summed E-state index contributed by atoms with van der Waals surface area (Å²) in [5, 5.41) is 0. The number of carbonyl (C=O) groups is 2. The van der Waals surface area contributed by atoms with E-state index >= 15 is 0 Å². The number of para-hydroxylation sites is 2. The van der Waals surface area contributed by atoms with Gasteiger partial charge in [-0.05, 0) is 12.1 Å². The van der Waals surface area contributed by atoms with E-state index in [9.17, 15) is 9.59 Å². The maximum absolute atomic E-state index is 12.5. The van der Waals surface area contributed by atoms with Crippen LogP contribution in [0.25, 0.3) is 0 Å². The summed E-state index contributed by atoms with van der Waals surface area (Å²) in [5.41, 5.74) is 1.09. The smallest absolute Gasteiger partial charge is 0.223 e. The lowest BCUT2D eigenvalue weighted by molar-refractivity contribution is -0.132. The van der Waals surface area contributed by atoms with Crippen molar-refractivity contribution in [1.29, 1.82) is 0 Å². The molecular formula is C19H28N4O3. The van der Waals surface area contributed by atoms with E-state index in [2.05, 4.69) is 15.9 Å². The number of hydrogen-bond acceptors (Lipinski definition) is 5. The Morgan fingerprint density at radius 3 is 2.38 bits per heavy atom. The van der Waals surface area contributed by atoms with E-state index in [4.69, 9.17) is 4.74 Å². The van der Waals surface area contributed by atoms with Gasteiger partial charge >= 0.3 is 0 Å². The molecule has 0 spiro atoms. The molecule has 2 aliphatic rings. The lowest BCUT2D eigenvalue weighted by Crippen LogP contribution is -2.50. The minimum Gasteiger partial charge on any atom is -0.495 e. The Morgan fingerprint density at radius 2 is 1.73 bits per heavy atom. The van der Waals surface area contributed by atoms with Crippen LogP contribution in [0.4, 0.5) is 5.69 Å². The Bertz CT molecular complexity index is 609. The first-order valence-corrected chi connectivity index (χ1v) is 9.28. The second kappa shape index (κ2) is 8.89. The number of amides is 2. The number of benzene rings is 1. The molecule has 2 heterocycles. The number of nitrogens with zero attached hydrogens (tertiary/aromatic N) is 4. The van der Waals surface area contributed by atoms with Gasteiger partial charge in [-0.2, -0.15) is 0 Å². The quantitative estimate of drug-likeness (QED) is 0.692. The molecule has 3 rings (SSSR count). The molecular weight excluding hydrogens is 332 g/mol. The van der Waals surface area contributed by atoms with Gasteiger partial charge in [-0.25, -0.2) is 0 Å². The van der Waals surface area contributed by atoms with Crippen molar-refractivity contribution < 1.29 is 14.3 Å². The van der Waals surface area contributed by atoms with Crippen molar-refractivity contribution in [2.45, 2.75) is 6.42 Å². The van der Waals surface area contributed by atoms with Gasteiger partial charge in [0, 0.05) is 65.3 Å². The van der Waals surface area contributed by atoms with Crippen LogP contribution in [-0.2, 0) is 9.59 Å².